The summed E-state index contributed by atoms with van der Waals surface area (Å²) in [6.07, 6.45) is 6.69. The molecule has 2 atom stereocenters. The number of rotatable bonds is 9. The van der Waals surface area contributed by atoms with Gasteiger partial charge in [0.15, 0.2) is 5.75 Å². The highest BCUT2D eigenvalue weighted by Gasteiger charge is 2.43. The van der Waals surface area contributed by atoms with E-state index in [1.54, 1.807) is 19.5 Å². The Morgan fingerprint density at radius 3 is 2.39 bits per heavy atom. The number of carbonyl (C=O) groups excluding carboxylic acids is 1. The van der Waals surface area contributed by atoms with E-state index in [9.17, 15) is 18.7 Å². The summed E-state index contributed by atoms with van der Waals surface area (Å²) in [5, 5.41) is 9.30. The molecule has 3 fully saturated rings. The smallest absolute Gasteiger partial charge is 0.227 e. The summed E-state index contributed by atoms with van der Waals surface area (Å²) in [4.78, 5) is 24.5. The predicted molar refractivity (Wildman–Crippen MR) is 128 cm³/mol. The molecule has 2 aromatic rings. The minimum atomic E-state index is -0.781. The minimum Gasteiger partial charge on any atom is -0.494 e. The molecular weight excluding hydrogens is 470 g/mol. The second-order valence-corrected chi connectivity index (χ2v) is 10.0. The maximum Gasteiger partial charge on any atom is 0.227 e. The van der Waals surface area contributed by atoms with Crippen molar-refractivity contribution >= 4 is 11.9 Å². The van der Waals surface area contributed by atoms with Crippen molar-refractivity contribution in [3.8, 4) is 11.5 Å². The molecule has 1 aromatic heterocycles. The zero-order chi connectivity index (χ0) is 25.2. The molecule has 0 bridgehead atoms. The van der Waals surface area contributed by atoms with Crippen molar-refractivity contribution in [1.29, 1.82) is 0 Å². The fraction of sp³-hybridized carbons (Fsp3) is 0.577. The van der Waals surface area contributed by atoms with E-state index in [4.69, 9.17) is 9.47 Å². The van der Waals surface area contributed by atoms with Crippen LogP contribution in [-0.4, -0.2) is 71.9 Å². The lowest BCUT2D eigenvalue weighted by atomic mass is 9.90. The molecule has 1 saturated carbocycles. The number of aromatic nitrogens is 2. The average Bonchev–Trinajstić information content (AvgIpc) is 3.64. The van der Waals surface area contributed by atoms with Crippen molar-refractivity contribution in [3.63, 3.8) is 0 Å². The Labute approximate surface area is 209 Å². The summed E-state index contributed by atoms with van der Waals surface area (Å²) in [6, 6.07) is 2.30. The number of amides is 1. The zero-order valence-electron chi connectivity index (χ0n) is 20.4. The van der Waals surface area contributed by atoms with Crippen LogP contribution in [0.1, 0.15) is 31.2 Å². The van der Waals surface area contributed by atoms with Gasteiger partial charge >= 0.3 is 0 Å². The fourth-order valence-corrected chi connectivity index (χ4v) is 5.37. The number of ether oxygens (including phenoxy) is 2. The van der Waals surface area contributed by atoms with Crippen molar-refractivity contribution in [2.24, 2.45) is 17.8 Å². The molecule has 10 heteroatoms. The summed E-state index contributed by atoms with van der Waals surface area (Å²) in [5.74, 6) is 1.50. The highest BCUT2D eigenvalue weighted by molar-refractivity contribution is 5.79. The highest BCUT2D eigenvalue weighted by atomic mass is 19.1. The third-order valence-corrected chi connectivity index (χ3v) is 7.67. The van der Waals surface area contributed by atoms with E-state index in [-0.39, 0.29) is 30.8 Å². The lowest BCUT2D eigenvalue weighted by molar-refractivity contribution is -0.140. The molecule has 1 aliphatic carbocycles. The Morgan fingerprint density at radius 2 is 1.78 bits per heavy atom. The highest BCUT2D eigenvalue weighted by Crippen LogP contribution is 2.49. The van der Waals surface area contributed by atoms with E-state index < -0.39 is 23.6 Å². The largest absolute Gasteiger partial charge is 0.494 e. The number of carbonyl (C=O) groups is 1. The maximum atomic E-state index is 14.5. The molecule has 194 valence electrons. The lowest BCUT2D eigenvalue weighted by Gasteiger charge is -2.36. The van der Waals surface area contributed by atoms with Gasteiger partial charge in [0.1, 0.15) is 17.4 Å². The van der Waals surface area contributed by atoms with E-state index >= 15 is 0 Å². The van der Waals surface area contributed by atoms with Gasteiger partial charge < -0.3 is 24.4 Å². The summed E-state index contributed by atoms with van der Waals surface area (Å²) in [7, 11) is 1.60. The standard InChI is InChI=1S/C26H32F2N4O4/c1-35-20-12-29-26(30-13-20)31-5-2-16(3-6-31)21-8-17(21)4-7-36-19-9-23(27)22(24(28)10-19)11-25(34)32-14-18(33)15-32/h9-10,12-13,16-18,21,33H,2-8,11,14-15H2,1H3. The van der Waals surface area contributed by atoms with Gasteiger partial charge in [0.05, 0.1) is 38.6 Å². The molecule has 5 rings (SSSR count). The number of anilines is 1. The van der Waals surface area contributed by atoms with Gasteiger partial charge in [0.25, 0.3) is 0 Å². The van der Waals surface area contributed by atoms with Gasteiger partial charge in [-0.15, -0.1) is 0 Å². The van der Waals surface area contributed by atoms with Crippen molar-refractivity contribution in [3.05, 3.63) is 41.7 Å². The number of benzene rings is 1. The average molecular weight is 503 g/mol. The Hall–Kier alpha value is -3.01. The van der Waals surface area contributed by atoms with Crippen LogP contribution >= 0.6 is 0 Å². The van der Waals surface area contributed by atoms with E-state index in [1.807, 2.05) is 0 Å². The molecule has 1 aromatic carbocycles. The SMILES string of the molecule is COc1cnc(N2CCC(C3CC3CCOc3cc(F)c(CC(=O)N4CC(O)C4)c(F)c3)CC2)nc1. The molecule has 36 heavy (non-hydrogen) atoms. The van der Waals surface area contributed by atoms with Crippen LogP contribution in [0.5, 0.6) is 11.5 Å². The van der Waals surface area contributed by atoms with Gasteiger partial charge in [0, 0.05) is 43.9 Å². The molecule has 2 unspecified atom stereocenters. The molecule has 0 radical (unpaired) electrons. The number of hydrogen-bond acceptors (Lipinski definition) is 7. The number of likely N-dealkylation sites (tertiary alicyclic amines) is 1. The predicted octanol–water partition coefficient (Wildman–Crippen LogP) is 2.83. The Bertz CT molecular complexity index is 1050. The van der Waals surface area contributed by atoms with E-state index in [2.05, 4.69) is 14.9 Å². The van der Waals surface area contributed by atoms with Gasteiger partial charge in [-0.3, -0.25) is 4.79 Å². The first-order valence-electron chi connectivity index (χ1n) is 12.6. The van der Waals surface area contributed by atoms with E-state index in [0.29, 0.717) is 30.1 Å². The van der Waals surface area contributed by atoms with Crippen LogP contribution in [0.3, 0.4) is 0 Å². The first kappa shape index (κ1) is 24.7. The quantitative estimate of drug-likeness (QED) is 0.564. The first-order valence-corrected chi connectivity index (χ1v) is 12.6. The second kappa shape index (κ2) is 10.5. The molecule has 3 aliphatic rings. The number of methoxy groups -OCH3 is 1. The number of β-amino-alcohol motifs (C(OH)–C–C–N with tert-alkyl or cyclic N) is 1. The summed E-state index contributed by atoms with van der Waals surface area (Å²) < 4.78 is 39.7. The van der Waals surface area contributed by atoms with Crippen LogP contribution in [-0.2, 0) is 11.2 Å². The number of hydrogen-bond donors (Lipinski definition) is 1. The van der Waals surface area contributed by atoms with Crippen LogP contribution in [0.2, 0.25) is 0 Å². The minimum absolute atomic E-state index is 0.144. The van der Waals surface area contributed by atoms with E-state index in [0.717, 1.165) is 50.4 Å². The number of halogens is 2. The van der Waals surface area contributed by atoms with Gasteiger partial charge in [-0.2, -0.15) is 0 Å². The molecule has 2 aliphatic heterocycles. The van der Waals surface area contributed by atoms with Gasteiger partial charge in [-0.25, -0.2) is 18.7 Å². The molecule has 8 nitrogen and oxygen atoms in total. The Kier molecular flexibility index (Phi) is 7.22. The van der Waals surface area contributed by atoms with Gasteiger partial charge in [0.2, 0.25) is 11.9 Å². The summed E-state index contributed by atoms with van der Waals surface area (Å²) in [6.45, 7) is 2.69. The fourth-order valence-electron chi connectivity index (χ4n) is 5.37. The molecule has 1 N–H and O–H groups in total. The van der Waals surface area contributed by atoms with Gasteiger partial charge in [-0.05, 0) is 43.4 Å². The van der Waals surface area contributed by atoms with Crippen LogP contribution < -0.4 is 14.4 Å². The normalized spacial score (nSPS) is 22.3. The van der Waals surface area contributed by atoms with Crippen molar-refractivity contribution in [1.82, 2.24) is 14.9 Å². The van der Waals surface area contributed by atoms with Crippen LogP contribution in [0.15, 0.2) is 24.5 Å². The second-order valence-electron chi connectivity index (χ2n) is 10.0. The maximum absolute atomic E-state index is 14.5. The molecule has 2 saturated heterocycles. The van der Waals surface area contributed by atoms with Crippen LogP contribution in [0, 0.1) is 29.4 Å². The van der Waals surface area contributed by atoms with Crippen molar-refractivity contribution in [2.45, 2.75) is 38.2 Å². The third kappa shape index (κ3) is 5.53. The number of aliphatic hydroxyl groups is 1. The van der Waals surface area contributed by atoms with Gasteiger partial charge in [-0.1, -0.05) is 0 Å². The van der Waals surface area contributed by atoms with Crippen molar-refractivity contribution < 1.29 is 28.2 Å². The zero-order valence-corrected chi connectivity index (χ0v) is 20.4. The molecule has 0 spiro atoms. The number of nitrogens with zero attached hydrogens (tertiary/aromatic N) is 4. The topological polar surface area (TPSA) is 88.0 Å². The lowest BCUT2D eigenvalue weighted by Crippen LogP contribution is -2.54. The van der Waals surface area contributed by atoms with Crippen molar-refractivity contribution in [2.75, 3.05) is 44.8 Å². The summed E-state index contributed by atoms with van der Waals surface area (Å²) >= 11 is 0. The van der Waals surface area contributed by atoms with E-state index in [1.165, 1.54) is 11.3 Å². The molecular formula is C26H32F2N4O4. The first-order chi connectivity index (χ1) is 17.4. The Balaban J connectivity index is 1.04. The number of piperidine rings is 1. The Morgan fingerprint density at radius 1 is 1.11 bits per heavy atom. The summed E-state index contributed by atoms with van der Waals surface area (Å²) in [5.41, 5.74) is -0.262. The number of aliphatic hydroxyl groups excluding tert-OH is 1. The van der Waals surface area contributed by atoms with Crippen LogP contribution in [0.4, 0.5) is 14.7 Å². The molecule has 3 heterocycles. The monoisotopic (exact) mass is 502 g/mol. The molecule has 1 amide bonds. The van der Waals surface area contributed by atoms with Crippen LogP contribution in [0.25, 0.3) is 0 Å². The third-order valence-electron chi connectivity index (χ3n) is 7.67.